The molecular weight excluding hydrogens is 349 g/mol. The maximum Gasteiger partial charge on any atom is 0.365 e. The summed E-state index contributed by atoms with van der Waals surface area (Å²) in [5, 5.41) is 3.44. The molecule has 0 aliphatic carbocycles. The van der Waals surface area contributed by atoms with Crippen LogP contribution in [0.1, 0.15) is 37.9 Å². The van der Waals surface area contributed by atoms with Crippen LogP contribution >= 0.6 is 7.60 Å². The highest BCUT2D eigenvalue weighted by Crippen LogP contribution is 2.60. The minimum absolute atomic E-state index is 0.0371. The van der Waals surface area contributed by atoms with Gasteiger partial charge in [0, 0.05) is 11.0 Å². The molecular formula is C15H22N3O6P. The molecule has 0 unspecified atom stereocenters. The fourth-order valence-electron chi connectivity index (χ4n) is 2.01. The summed E-state index contributed by atoms with van der Waals surface area (Å²) in [5.74, 6) is -0.0848. The molecule has 0 saturated carbocycles. The predicted molar refractivity (Wildman–Crippen MR) is 91.8 cm³/mol. The highest BCUT2D eigenvalue weighted by molar-refractivity contribution is 7.65. The molecule has 0 aromatic carbocycles. The van der Waals surface area contributed by atoms with E-state index in [0.717, 1.165) is 6.08 Å². The Balaban J connectivity index is 3.43. The summed E-state index contributed by atoms with van der Waals surface area (Å²) in [5.41, 5.74) is 9.05. The first-order chi connectivity index (χ1) is 11.9. The van der Waals surface area contributed by atoms with E-state index in [0.29, 0.717) is 11.3 Å². The van der Waals surface area contributed by atoms with Crippen molar-refractivity contribution in [2.45, 2.75) is 34.2 Å². The minimum Gasteiger partial charge on any atom is -0.463 e. The van der Waals surface area contributed by atoms with Crippen LogP contribution in [0.3, 0.4) is 0 Å². The zero-order valence-corrected chi connectivity index (χ0v) is 15.6. The van der Waals surface area contributed by atoms with E-state index in [1.807, 2.05) is 0 Å². The Morgan fingerprint density at radius 1 is 1.32 bits per heavy atom. The van der Waals surface area contributed by atoms with Gasteiger partial charge in [0.2, 0.25) is 0 Å². The van der Waals surface area contributed by atoms with Crippen LogP contribution in [0.15, 0.2) is 21.7 Å². The van der Waals surface area contributed by atoms with Gasteiger partial charge in [0.05, 0.1) is 26.4 Å². The van der Waals surface area contributed by atoms with Crippen LogP contribution in [0.5, 0.6) is 0 Å². The molecule has 0 atom stereocenters. The maximum absolute atomic E-state index is 13.1. The second kappa shape index (κ2) is 10.1. The molecule has 1 aromatic heterocycles. The summed E-state index contributed by atoms with van der Waals surface area (Å²) in [7, 11) is -3.80. The quantitative estimate of drug-likeness (QED) is 0.148. The molecule has 0 bridgehead atoms. The van der Waals surface area contributed by atoms with Gasteiger partial charge in [-0.3, -0.25) is 4.57 Å². The van der Waals surface area contributed by atoms with Gasteiger partial charge in [-0.1, -0.05) is 5.11 Å². The number of nitrogens with zero attached hydrogens (tertiary/aromatic N) is 3. The zero-order valence-electron chi connectivity index (χ0n) is 14.7. The van der Waals surface area contributed by atoms with Gasteiger partial charge in [-0.25, -0.2) is 4.79 Å². The van der Waals surface area contributed by atoms with E-state index in [1.54, 1.807) is 33.8 Å². The second-order valence-corrected chi connectivity index (χ2v) is 6.69. The molecule has 1 heterocycles. The van der Waals surface area contributed by atoms with Crippen molar-refractivity contribution in [2.24, 2.45) is 5.11 Å². The van der Waals surface area contributed by atoms with Crippen molar-refractivity contribution in [2.75, 3.05) is 19.8 Å². The van der Waals surface area contributed by atoms with E-state index in [9.17, 15) is 9.36 Å². The summed E-state index contributed by atoms with van der Waals surface area (Å²) in [4.78, 5) is 14.6. The third-order valence-electron chi connectivity index (χ3n) is 3.01. The minimum atomic E-state index is -3.80. The third-order valence-corrected chi connectivity index (χ3v) is 5.15. The Hall–Kier alpha value is -2.05. The number of esters is 1. The lowest BCUT2D eigenvalue weighted by atomic mass is 10.2. The smallest absolute Gasteiger partial charge is 0.365 e. The van der Waals surface area contributed by atoms with Gasteiger partial charge >= 0.3 is 13.6 Å². The normalized spacial score (nSPS) is 11.9. The van der Waals surface area contributed by atoms with Crippen molar-refractivity contribution in [1.29, 1.82) is 0 Å². The molecule has 0 amide bonds. The Bertz CT molecular complexity index is 711. The number of hydrogen-bond acceptors (Lipinski definition) is 7. The molecule has 9 nitrogen and oxygen atoms in total. The van der Waals surface area contributed by atoms with Crippen LogP contribution in [0.4, 0.5) is 0 Å². The highest BCUT2D eigenvalue weighted by Gasteiger charge is 2.34. The van der Waals surface area contributed by atoms with Gasteiger partial charge in [0.1, 0.15) is 16.8 Å². The summed E-state index contributed by atoms with van der Waals surface area (Å²) in [6, 6.07) is 1.54. The van der Waals surface area contributed by atoms with Crippen LogP contribution in [-0.2, 0) is 29.7 Å². The maximum atomic E-state index is 13.1. The number of rotatable bonds is 10. The molecule has 0 aliphatic heterocycles. The average Bonchev–Trinajstić information content (AvgIpc) is 2.91. The van der Waals surface area contributed by atoms with E-state index in [-0.39, 0.29) is 37.4 Å². The van der Waals surface area contributed by atoms with Crippen LogP contribution in [0.2, 0.25) is 0 Å². The number of hydrogen-bond donors (Lipinski definition) is 0. The van der Waals surface area contributed by atoms with Gasteiger partial charge in [-0.05, 0) is 44.9 Å². The molecule has 1 aromatic rings. The van der Waals surface area contributed by atoms with Crippen molar-refractivity contribution >= 4 is 18.9 Å². The number of aryl methyl sites for hydroxylation is 1. The number of ether oxygens (including phenoxy) is 1. The number of furan rings is 1. The molecule has 0 spiro atoms. The van der Waals surface area contributed by atoms with Crippen molar-refractivity contribution in [3.05, 3.63) is 39.7 Å². The fourth-order valence-corrected chi connectivity index (χ4v) is 3.68. The number of azide groups is 1. The lowest BCUT2D eigenvalue weighted by Gasteiger charge is -2.18. The molecule has 0 aliphatic rings. The van der Waals surface area contributed by atoms with E-state index in [4.69, 9.17) is 23.7 Å². The Kier molecular flexibility index (Phi) is 8.45. The molecule has 0 saturated heterocycles. The van der Waals surface area contributed by atoms with Gasteiger partial charge in [-0.2, -0.15) is 0 Å². The van der Waals surface area contributed by atoms with E-state index in [1.165, 1.54) is 0 Å². The molecule has 25 heavy (non-hydrogen) atoms. The molecule has 1 rings (SSSR count). The SMILES string of the molecule is CCOC(=O)C=C(c1cc(CN=[N+]=[N-])c(C)o1)P(=O)(OCC)OCC. The van der Waals surface area contributed by atoms with Gasteiger partial charge in [0.15, 0.2) is 0 Å². The topological polar surface area (TPSA) is 124 Å². The summed E-state index contributed by atoms with van der Waals surface area (Å²) in [6.07, 6.45) is 1.05. The first kappa shape index (κ1) is 21.0. The van der Waals surface area contributed by atoms with Crippen LogP contribution in [0.25, 0.3) is 15.8 Å². The fraction of sp³-hybridized carbons (Fsp3) is 0.533. The number of carbonyl (C=O) groups is 1. The first-order valence-corrected chi connectivity index (χ1v) is 9.34. The zero-order chi connectivity index (χ0) is 18.9. The van der Waals surface area contributed by atoms with Gasteiger partial charge in [-0.15, -0.1) is 0 Å². The van der Waals surface area contributed by atoms with Crippen LogP contribution < -0.4 is 0 Å². The van der Waals surface area contributed by atoms with Crippen LogP contribution in [0, 0.1) is 6.92 Å². The largest absolute Gasteiger partial charge is 0.463 e. The van der Waals surface area contributed by atoms with Gasteiger partial charge in [0.25, 0.3) is 0 Å². The third kappa shape index (κ3) is 5.76. The second-order valence-electron chi connectivity index (χ2n) is 4.70. The van der Waals surface area contributed by atoms with Crippen LogP contribution in [-0.4, -0.2) is 25.8 Å². The first-order valence-electron chi connectivity index (χ1n) is 7.80. The van der Waals surface area contributed by atoms with E-state index in [2.05, 4.69) is 10.0 Å². The average molecular weight is 371 g/mol. The highest BCUT2D eigenvalue weighted by atomic mass is 31.2. The van der Waals surface area contributed by atoms with Crippen molar-refractivity contribution in [3.8, 4) is 0 Å². The molecule has 0 fully saturated rings. The van der Waals surface area contributed by atoms with Gasteiger partial charge < -0.3 is 18.2 Å². The monoisotopic (exact) mass is 371 g/mol. The molecule has 0 radical (unpaired) electrons. The summed E-state index contributed by atoms with van der Waals surface area (Å²) in [6.45, 7) is 7.10. The Morgan fingerprint density at radius 3 is 2.48 bits per heavy atom. The number of carbonyl (C=O) groups excluding carboxylic acids is 1. The van der Waals surface area contributed by atoms with E-state index >= 15 is 0 Å². The lowest BCUT2D eigenvalue weighted by Crippen LogP contribution is -2.04. The Labute approximate surface area is 146 Å². The Morgan fingerprint density at radius 2 is 1.96 bits per heavy atom. The molecule has 10 heteroatoms. The summed E-state index contributed by atoms with van der Waals surface area (Å²) >= 11 is 0. The van der Waals surface area contributed by atoms with E-state index < -0.39 is 13.6 Å². The van der Waals surface area contributed by atoms with Crippen molar-refractivity contribution in [3.63, 3.8) is 0 Å². The summed E-state index contributed by atoms with van der Waals surface area (Å²) < 4.78 is 34.2. The molecule has 138 valence electrons. The van der Waals surface area contributed by atoms with Crippen molar-refractivity contribution in [1.82, 2.24) is 0 Å². The predicted octanol–water partition coefficient (Wildman–Crippen LogP) is 4.57. The standard InChI is InChI=1S/C15H22N3O6P/c1-5-21-15(19)9-14(25(20,22-6-2)23-7-3)13-8-12(10-17-18-16)11(4)24-13/h8-9H,5-7,10H2,1-4H3. The lowest BCUT2D eigenvalue weighted by molar-refractivity contribution is -0.137. The molecule has 0 N–H and O–H groups in total. The van der Waals surface area contributed by atoms with Crippen molar-refractivity contribution < 1.29 is 27.6 Å².